The number of nitro benzene ring substituents is 1. The van der Waals surface area contributed by atoms with Gasteiger partial charge in [-0.3, -0.25) is 10.1 Å². The van der Waals surface area contributed by atoms with E-state index in [4.69, 9.17) is 4.74 Å². The van der Waals surface area contributed by atoms with Gasteiger partial charge in [-0.05, 0) is 26.0 Å². The van der Waals surface area contributed by atoms with E-state index in [1.54, 1.807) is 13.0 Å². The molecule has 0 aliphatic carbocycles. The van der Waals surface area contributed by atoms with Crippen molar-refractivity contribution in [1.29, 1.82) is 0 Å². The number of anilines is 1. The standard InChI is InChI=1S/C11H14N2O4/c1-3-12-8-5-6-10(13(15)16)9(7-8)11(14)17-4-2/h5-7,12H,3-4H2,1-2H3. The van der Waals surface area contributed by atoms with Gasteiger partial charge in [0.15, 0.2) is 0 Å². The Balaban J connectivity index is 3.15. The Kier molecular flexibility index (Phi) is 4.45. The van der Waals surface area contributed by atoms with Crippen LogP contribution < -0.4 is 5.32 Å². The molecule has 0 amide bonds. The minimum Gasteiger partial charge on any atom is -0.462 e. The van der Waals surface area contributed by atoms with Gasteiger partial charge in [0.1, 0.15) is 5.56 Å². The smallest absolute Gasteiger partial charge is 0.345 e. The summed E-state index contributed by atoms with van der Waals surface area (Å²) >= 11 is 0. The molecule has 6 heteroatoms. The molecule has 92 valence electrons. The van der Waals surface area contributed by atoms with Crippen molar-refractivity contribution in [2.24, 2.45) is 0 Å². The first-order chi connectivity index (χ1) is 8.10. The van der Waals surface area contributed by atoms with Crippen molar-refractivity contribution in [3.63, 3.8) is 0 Å². The van der Waals surface area contributed by atoms with Crippen LogP contribution in [0.2, 0.25) is 0 Å². The van der Waals surface area contributed by atoms with E-state index < -0.39 is 10.9 Å². The molecule has 0 aliphatic rings. The van der Waals surface area contributed by atoms with Gasteiger partial charge < -0.3 is 10.1 Å². The lowest BCUT2D eigenvalue weighted by molar-refractivity contribution is -0.385. The first-order valence-corrected chi connectivity index (χ1v) is 5.29. The number of rotatable bonds is 5. The van der Waals surface area contributed by atoms with Gasteiger partial charge in [0.05, 0.1) is 11.5 Å². The SMILES string of the molecule is CCNc1ccc([N+](=O)[O-])c(C(=O)OCC)c1. The summed E-state index contributed by atoms with van der Waals surface area (Å²) in [5.74, 6) is -0.682. The van der Waals surface area contributed by atoms with Gasteiger partial charge in [-0.25, -0.2) is 4.79 Å². The van der Waals surface area contributed by atoms with Crippen molar-refractivity contribution in [2.75, 3.05) is 18.5 Å². The largest absolute Gasteiger partial charge is 0.462 e. The van der Waals surface area contributed by atoms with Crippen LogP contribution in [0, 0.1) is 10.1 Å². The van der Waals surface area contributed by atoms with Crippen molar-refractivity contribution in [1.82, 2.24) is 0 Å². The minimum atomic E-state index is -0.682. The second kappa shape index (κ2) is 5.83. The van der Waals surface area contributed by atoms with Crippen LogP contribution in [0.15, 0.2) is 18.2 Å². The zero-order chi connectivity index (χ0) is 12.8. The number of nitrogens with zero attached hydrogens (tertiary/aromatic N) is 1. The van der Waals surface area contributed by atoms with Crippen molar-refractivity contribution in [2.45, 2.75) is 13.8 Å². The number of carbonyl (C=O) groups is 1. The van der Waals surface area contributed by atoms with E-state index in [9.17, 15) is 14.9 Å². The number of hydrogen-bond donors (Lipinski definition) is 1. The number of esters is 1. The average Bonchev–Trinajstić information content (AvgIpc) is 2.29. The summed E-state index contributed by atoms with van der Waals surface area (Å²) in [4.78, 5) is 21.8. The van der Waals surface area contributed by atoms with Crippen LogP contribution >= 0.6 is 0 Å². The number of ether oxygens (including phenoxy) is 1. The zero-order valence-electron chi connectivity index (χ0n) is 9.73. The third-order valence-corrected chi connectivity index (χ3v) is 2.07. The summed E-state index contributed by atoms with van der Waals surface area (Å²) in [5, 5.41) is 13.8. The van der Waals surface area contributed by atoms with E-state index in [1.807, 2.05) is 6.92 Å². The topological polar surface area (TPSA) is 81.5 Å². The van der Waals surface area contributed by atoms with Crippen LogP contribution in [0.4, 0.5) is 11.4 Å². The monoisotopic (exact) mass is 238 g/mol. The van der Waals surface area contributed by atoms with Gasteiger partial charge in [-0.1, -0.05) is 0 Å². The van der Waals surface area contributed by atoms with Crippen LogP contribution in [0.1, 0.15) is 24.2 Å². The average molecular weight is 238 g/mol. The van der Waals surface area contributed by atoms with Crippen LogP contribution in [0.3, 0.4) is 0 Å². The van der Waals surface area contributed by atoms with E-state index in [0.717, 1.165) is 0 Å². The quantitative estimate of drug-likeness (QED) is 0.483. The summed E-state index contributed by atoms with van der Waals surface area (Å²) in [6.45, 7) is 4.39. The molecule has 6 nitrogen and oxygen atoms in total. The second-order valence-electron chi connectivity index (χ2n) is 3.24. The Bertz CT molecular complexity index is 431. The van der Waals surface area contributed by atoms with Gasteiger partial charge in [0.25, 0.3) is 5.69 Å². The normalized spacial score (nSPS) is 9.76. The minimum absolute atomic E-state index is 0.0321. The number of nitrogens with one attached hydrogen (secondary N) is 1. The molecular formula is C11H14N2O4. The predicted molar refractivity (Wildman–Crippen MR) is 63.2 cm³/mol. The van der Waals surface area contributed by atoms with Crippen molar-refractivity contribution in [3.8, 4) is 0 Å². The molecule has 0 bridgehead atoms. The molecule has 0 atom stereocenters. The molecule has 17 heavy (non-hydrogen) atoms. The molecule has 0 heterocycles. The molecule has 0 unspecified atom stereocenters. The summed E-state index contributed by atoms with van der Waals surface area (Å²) in [5.41, 5.74) is 0.376. The predicted octanol–water partition coefficient (Wildman–Crippen LogP) is 2.20. The fraction of sp³-hybridized carbons (Fsp3) is 0.364. The Morgan fingerprint density at radius 1 is 1.47 bits per heavy atom. The molecule has 0 aliphatic heterocycles. The van der Waals surface area contributed by atoms with E-state index in [2.05, 4.69) is 5.32 Å². The highest BCUT2D eigenvalue weighted by Gasteiger charge is 2.21. The lowest BCUT2D eigenvalue weighted by Gasteiger charge is -2.06. The number of hydrogen-bond acceptors (Lipinski definition) is 5. The molecule has 0 saturated heterocycles. The second-order valence-corrected chi connectivity index (χ2v) is 3.24. The Morgan fingerprint density at radius 2 is 2.18 bits per heavy atom. The Morgan fingerprint density at radius 3 is 2.71 bits per heavy atom. The fourth-order valence-corrected chi connectivity index (χ4v) is 1.38. The lowest BCUT2D eigenvalue weighted by Crippen LogP contribution is -2.09. The van der Waals surface area contributed by atoms with Gasteiger partial charge in [-0.2, -0.15) is 0 Å². The number of benzene rings is 1. The molecule has 0 spiro atoms. The highest BCUT2D eigenvalue weighted by atomic mass is 16.6. The maximum atomic E-state index is 11.6. The molecule has 0 radical (unpaired) electrons. The maximum absolute atomic E-state index is 11.6. The van der Waals surface area contributed by atoms with Crippen LogP contribution in [-0.4, -0.2) is 24.0 Å². The van der Waals surface area contributed by atoms with Crippen LogP contribution in [0.5, 0.6) is 0 Å². The van der Waals surface area contributed by atoms with E-state index in [1.165, 1.54) is 12.1 Å². The Hall–Kier alpha value is -2.11. The fourth-order valence-electron chi connectivity index (χ4n) is 1.38. The maximum Gasteiger partial charge on any atom is 0.345 e. The van der Waals surface area contributed by atoms with Gasteiger partial charge >= 0.3 is 5.97 Å². The van der Waals surface area contributed by atoms with E-state index in [-0.39, 0.29) is 17.9 Å². The first kappa shape index (κ1) is 13.0. The highest BCUT2D eigenvalue weighted by molar-refractivity contribution is 5.95. The first-order valence-electron chi connectivity index (χ1n) is 5.29. The summed E-state index contributed by atoms with van der Waals surface area (Å²) < 4.78 is 4.78. The molecule has 1 aromatic carbocycles. The number of carbonyl (C=O) groups excluding carboxylic acids is 1. The molecule has 0 saturated carbocycles. The number of nitro groups is 1. The summed E-state index contributed by atoms with van der Waals surface area (Å²) in [7, 11) is 0. The molecule has 0 aromatic heterocycles. The molecular weight excluding hydrogens is 224 g/mol. The van der Waals surface area contributed by atoms with Gasteiger partial charge in [-0.15, -0.1) is 0 Å². The van der Waals surface area contributed by atoms with E-state index in [0.29, 0.717) is 12.2 Å². The van der Waals surface area contributed by atoms with Gasteiger partial charge in [0.2, 0.25) is 0 Å². The van der Waals surface area contributed by atoms with Gasteiger partial charge in [0, 0.05) is 18.3 Å². The van der Waals surface area contributed by atoms with E-state index >= 15 is 0 Å². The molecule has 0 fully saturated rings. The molecule has 1 N–H and O–H groups in total. The van der Waals surface area contributed by atoms with Crippen molar-refractivity contribution in [3.05, 3.63) is 33.9 Å². The highest BCUT2D eigenvalue weighted by Crippen LogP contribution is 2.23. The van der Waals surface area contributed by atoms with Crippen LogP contribution in [-0.2, 0) is 4.74 Å². The summed E-state index contributed by atoms with van der Waals surface area (Å²) in [6.07, 6.45) is 0. The molecule has 1 aromatic rings. The third-order valence-electron chi connectivity index (χ3n) is 2.07. The summed E-state index contributed by atoms with van der Waals surface area (Å²) in [6, 6.07) is 4.29. The van der Waals surface area contributed by atoms with Crippen LogP contribution in [0.25, 0.3) is 0 Å². The molecule has 1 rings (SSSR count). The van der Waals surface area contributed by atoms with Crippen molar-refractivity contribution >= 4 is 17.3 Å². The lowest BCUT2D eigenvalue weighted by atomic mass is 10.1. The van der Waals surface area contributed by atoms with Crippen molar-refractivity contribution < 1.29 is 14.5 Å². The third kappa shape index (κ3) is 3.17. The Labute approximate surface area is 98.7 Å². The zero-order valence-corrected chi connectivity index (χ0v) is 9.73.